The molecule has 0 saturated carbocycles. The van der Waals surface area contributed by atoms with Gasteiger partial charge in [0.2, 0.25) is 0 Å². The molecule has 0 radical (unpaired) electrons. The van der Waals surface area contributed by atoms with Crippen molar-refractivity contribution in [3.8, 4) is 0 Å². The smallest absolute Gasteiger partial charge is 0.0956 e. The molecule has 1 atom stereocenters. The van der Waals surface area contributed by atoms with Crippen LogP contribution >= 0.6 is 0 Å². The Kier molecular flexibility index (Phi) is 3.74. The third-order valence-electron chi connectivity index (χ3n) is 4.18. The van der Waals surface area contributed by atoms with Gasteiger partial charge in [-0.1, -0.05) is 12.8 Å². The van der Waals surface area contributed by atoms with Crippen molar-refractivity contribution in [2.24, 2.45) is 0 Å². The lowest BCUT2D eigenvalue weighted by molar-refractivity contribution is 0.255. The number of pyridine rings is 1. The lowest BCUT2D eigenvalue weighted by Crippen LogP contribution is -2.37. The largest absolute Gasteiger partial charge is 0.398 e. The van der Waals surface area contributed by atoms with Gasteiger partial charge in [-0.25, -0.2) is 0 Å². The number of hydrogen-bond acceptors (Lipinski definition) is 4. The Hall–Kier alpha value is -1.81. The van der Waals surface area contributed by atoms with Crippen LogP contribution in [0.3, 0.4) is 0 Å². The zero-order valence-electron chi connectivity index (χ0n) is 11.6. The number of rotatable bonds is 2. The first-order chi connectivity index (χ1) is 9.81. The summed E-state index contributed by atoms with van der Waals surface area (Å²) in [6.07, 6.45) is 6.41. The van der Waals surface area contributed by atoms with E-state index < -0.39 is 0 Å². The summed E-state index contributed by atoms with van der Waals surface area (Å²) >= 11 is 0. The van der Waals surface area contributed by atoms with Crippen LogP contribution in [0.2, 0.25) is 0 Å². The van der Waals surface area contributed by atoms with Crippen LogP contribution in [0.15, 0.2) is 30.5 Å². The minimum absolute atomic E-state index is 0.186. The van der Waals surface area contributed by atoms with E-state index in [0.717, 1.165) is 41.7 Å². The van der Waals surface area contributed by atoms with E-state index in [9.17, 15) is 5.11 Å². The molecule has 20 heavy (non-hydrogen) atoms. The summed E-state index contributed by atoms with van der Waals surface area (Å²) in [6.45, 7) is 1.17. The first kappa shape index (κ1) is 13.2. The molecule has 1 aliphatic rings. The van der Waals surface area contributed by atoms with Crippen LogP contribution in [-0.2, 0) is 0 Å². The Bertz CT molecular complexity index is 599. The fourth-order valence-corrected chi connectivity index (χ4v) is 3.10. The highest BCUT2D eigenvalue weighted by atomic mass is 16.3. The van der Waals surface area contributed by atoms with Crippen LogP contribution in [0, 0.1) is 0 Å². The lowest BCUT2D eigenvalue weighted by atomic mass is 10.1. The molecule has 1 unspecified atom stereocenters. The number of aliphatic hydroxyl groups excluding tert-OH is 1. The maximum atomic E-state index is 9.69. The number of hydrogen-bond donors (Lipinski definition) is 2. The Balaban J connectivity index is 2.10. The monoisotopic (exact) mass is 271 g/mol. The van der Waals surface area contributed by atoms with Crippen LogP contribution in [0.5, 0.6) is 0 Å². The fourth-order valence-electron chi connectivity index (χ4n) is 3.10. The van der Waals surface area contributed by atoms with Gasteiger partial charge in [-0.05, 0) is 37.1 Å². The predicted molar refractivity (Wildman–Crippen MR) is 82.8 cm³/mol. The maximum absolute atomic E-state index is 9.69. The quantitative estimate of drug-likeness (QED) is 0.824. The summed E-state index contributed by atoms with van der Waals surface area (Å²) in [5, 5.41) is 10.7. The Morgan fingerprint density at radius 2 is 2.15 bits per heavy atom. The van der Waals surface area contributed by atoms with Crippen LogP contribution < -0.4 is 10.6 Å². The maximum Gasteiger partial charge on any atom is 0.0956 e. The van der Waals surface area contributed by atoms with E-state index in [-0.39, 0.29) is 12.6 Å². The molecule has 0 amide bonds. The second-order valence-electron chi connectivity index (χ2n) is 5.45. The van der Waals surface area contributed by atoms with Crippen LogP contribution in [0.1, 0.15) is 25.7 Å². The summed E-state index contributed by atoms with van der Waals surface area (Å²) in [5.41, 5.74) is 8.83. The van der Waals surface area contributed by atoms with Crippen molar-refractivity contribution in [1.82, 2.24) is 4.98 Å². The first-order valence-electron chi connectivity index (χ1n) is 7.32. The van der Waals surface area contributed by atoms with Crippen molar-refractivity contribution in [3.63, 3.8) is 0 Å². The first-order valence-corrected chi connectivity index (χ1v) is 7.32. The minimum atomic E-state index is 0.186. The zero-order valence-corrected chi connectivity index (χ0v) is 11.6. The van der Waals surface area contributed by atoms with Crippen molar-refractivity contribution in [3.05, 3.63) is 30.5 Å². The Labute approximate surface area is 119 Å². The number of nitrogens with zero attached hydrogens (tertiary/aromatic N) is 2. The molecule has 1 fully saturated rings. The van der Waals surface area contributed by atoms with Gasteiger partial charge in [-0.3, -0.25) is 4.98 Å². The number of anilines is 2. The molecule has 1 aliphatic heterocycles. The van der Waals surface area contributed by atoms with Crippen LogP contribution in [-0.4, -0.2) is 29.3 Å². The second kappa shape index (κ2) is 5.67. The van der Waals surface area contributed by atoms with E-state index in [2.05, 4.69) is 9.88 Å². The summed E-state index contributed by atoms with van der Waals surface area (Å²) in [5.74, 6) is 0. The molecule has 1 saturated heterocycles. The average Bonchev–Trinajstić information content (AvgIpc) is 2.73. The number of nitrogens with two attached hydrogens (primary N) is 1. The predicted octanol–water partition coefficient (Wildman–Crippen LogP) is 2.56. The van der Waals surface area contributed by atoms with Gasteiger partial charge < -0.3 is 15.7 Å². The van der Waals surface area contributed by atoms with E-state index in [0.29, 0.717) is 0 Å². The third-order valence-corrected chi connectivity index (χ3v) is 4.18. The molecule has 3 rings (SSSR count). The average molecular weight is 271 g/mol. The standard InChI is InChI=1S/C16H21N3O/c17-14-7-8-15(16-13(14)6-4-9-18-16)19-10-3-1-2-5-12(19)11-20/h4,6-9,12,20H,1-3,5,10-11,17H2. The van der Waals surface area contributed by atoms with Gasteiger partial charge in [0.1, 0.15) is 0 Å². The Morgan fingerprint density at radius 3 is 3.00 bits per heavy atom. The number of aromatic nitrogens is 1. The lowest BCUT2D eigenvalue weighted by Gasteiger charge is -2.31. The molecule has 2 heterocycles. The molecule has 106 valence electrons. The highest BCUT2D eigenvalue weighted by Gasteiger charge is 2.22. The van der Waals surface area contributed by atoms with Crippen molar-refractivity contribution >= 4 is 22.3 Å². The highest BCUT2D eigenvalue weighted by Crippen LogP contribution is 2.32. The number of fused-ring (bicyclic) bond motifs is 1. The van der Waals surface area contributed by atoms with E-state index in [4.69, 9.17) is 5.73 Å². The Morgan fingerprint density at radius 1 is 1.25 bits per heavy atom. The molecule has 0 aliphatic carbocycles. The zero-order chi connectivity index (χ0) is 13.9. The van der Waals surface area contributed by atoms with Gasteiger partial charge in [0.15, 0.2) is 0 Å². The summed E-state index contributed by atoms with van der Waals surface area (Å²) in [4.78, 5) is 6.82. The molecule has 2 aromatic rings. The van der Waals surface area contributed by atoms with E-state index in [1.165, 1.54) is 12.8 Å². The van der Waals surface area contributed by atoms with Gasteiger partial charge in [0.25, 0.3) is 0 Å². The highest BCUT2D eigenvalue weighted by molar-refractivity contribution is 5.98. The number of aliphatic hydroxyl groups is 1. The summed E-state index contributed by atoms with van der Waals surface area (Å²) in [6, 6.07) is 8.09. The van der Waals surface area contributed by atoms with Crippen molar-refractivity contribution in [1.29, 1.82) is 0 Å². The van der Waals surface area contributed by atoms with Gasteiger partial charge >= 0.3 is 0 Å². The summed E-state index contributed by atoms with van der Waals surface area (Å²) < 4.78 is 0. The van der Waals surface area contributed by atoms with Crippen molar-refractivity contribution in [2.75, 3.05) is 23.8 Å². The van der Waals surface area contributed by atoms with Crippen molar-refractivity contribution < 1.29 is 5.11 Å². The summed E-state index contributed by atoms with van der Waals surface area (Å²) in [7, 11) is 0. The van der Waals surface area contributed by atoms with Crippen molar-refractivity contribution in [2.45, 2.75) is 31.7 Å². The SMILES string of the molecule is Nc1ccc(N2CCCCCC2CO)c2ncccc12. The molecular formula is C16H21N3O. The fraction of sp³-hybridized carbons (Fsp3) is 0.438. The molecular weight excluding hydrogens is 250 g/mol. The molecule has 0 bridgehead atoms. The van der Waals surface area contributed by atoms with Crippen LogP contribution in [0.25, 0.3) is 10.9 Å². The van der Waals surface area contributed by atoms with Crippen LogP contribution in [0.4, 0.5) is 11.4 Å². The van der Waals surface area contributed by atoms with E-state index >= 15 is 0 Å². The van der Waals surface area contributed by atoms with E-state index in [1.807, 2.05) is 24.3 Å². The normalized spacial score (nSPS) is 20.1. The topological polar surface area (TPSA) is 62.4 Å². The minimum Gasteiger partial charge on any atom is -0.398 e. The number of nitrogen functional groups attached to an aromatic ring is 1. The molecule has 3 N–H and O–H groups in total. The van der Waals surface area contributed by atoms with Gasteiger partial charge in [0.05, 0.1) is 23.9 Å². The molecule has 4 heteroatoms. The van der Waals surface area contributed by atoms with Gasteiger partial charge in [-0.2, -0.15) is 0 Å². The second-order valence-corrected chi connectivity index (χ2v) is 5.45. The molecule has 1 aromatic heterocycles. The molecule has 1 aromatic carbocycles. The molecule has 4 nitrogen and oxygen atoms in total. The third kappa shape index (κ3) is 2.31. The molecule has 0 spiro atoms. The van der Waals surface area contributed by atoms with E-state index in [1.54, 1.807) is 6.20 Å². The van der Waals surface area contributed by atoms with Gasteiger partial charge in [0, 0.05) is 23.8 Å². The van der Waals surface area contributed by atoms with Gasteiger partial charge in [-0.15, -0.1) is 0 Å². The number of benzene rings is 1.